The summed E-state index contributed by atoms with van der Waals surface area (Å²) in [5.74, 6) is 0. The summed E-state index contributed by atoms with van der Waals surface area (Å²) in [4.78, 5) is 10.7. The van der Waals surface area contributed by atoms with Crippen molar-refractivity contribution in [2.24, 2.45) is 0 Å². The molecule has 14 heavy (non-hydrogen) atoms. The van der Waals surface area contributed by atoms with Crippen molar-refractivity contribution >= 4 is 6.09 Å². The van der Waals surface area contributed by atoms with Gasteiger partial charge in [0.25, 0.3) is 0 Å². The Balaban J connectivity index is 3.81. The Bertz CT molecular complexity index is 257. The Kier molecular flexibility index (Phi) is 5.94. The smallest absolute Gasteiger partial charge is 0.407 e. The average Bonchev–Trinajstić information content (AvgIpc) is 2.22. The van der Waals surface area contributed by atoms with E-state index in [0.29, 0.717) is 5.57 Å². The third kappa shape index (κ3) is 5.88. The van der Waals surface area contributed by atoms with Gasteiger partial charge in [0.1, 0.15) is 6.61 Å². The first kappa shape index (κ1) is 12.3. The van der Waals surface area contributed by atoms with Gasteiger partial charge in [-0.15, -0.1) is 0 Å². The summed E-state index contributed by atoms with van der Waals surface area (Å²) in [5.41, 5.74) is 1.47. The summed E-state index contributed by atoms with van der Waals surface area (Å²) < 4.78 is 4.77. The van der Waals surface area contributed by atoms with Crippen molar-refractivity contribution in [3.63, 3.8) is 0 Å². The number of carbonyl (C=O) groups is 1. The fourth-order valence-corrected chi connectivity index (χ4v) is 0.580. The van der Waals surface area contributed by atoms with E-state index in [1.165, 1.54) is 7.05 Å². The zero-order valence-corrected chi connectivity index (χ0v) is 8.59. The van der Waals surface area contributed by atoms with Crippen molar-refractivity contribution in [1.82, 2.24) is 10.6 Å². The molecular weight excluding hydrogens is 180 g/mol. The van der Waals surface area contributed by atoms with Crippen LogP contribution in [0.4, 0.5) is 4.79 Å². The number of hydrogen-bond donors (Lipinski definition) is 2. The number of allylic oxidation sites excluding steroid dienone is 1. The molecule has 1 amide bonds. The van der Waals surface area contributed by atoms with Crippen molar-refractivity contribution in [3.8, 4) is 0 Å². The normalized spacial score (nSPS) is 9.57. The second-order valence-electron chi connectivity index (χ2n) is 2.59. The van der Waals surface area contributed by atoms with Gasteiger partial charge >= 0.3 is 6.09 Å². The highest BCUT2D eigenvalue weighted by Gasteiger charge is 1.96. The van der Waals surface area contributed by atoms with Gasteiger partial charge in [-0.25, -0.2) is 4.79 Å². The van der Waals surface area contributed by atoms with E-state index in [9.17, 15) is 4.79 Å². The van der Waals surface area contributed by atoms with Gasteiger partial charge in [-0.2, -0.15) is 0 Å². The number of ether oxygens (including phenoxy) is 1. The number of hydrogen-bond acceptors (Lipinski definition) is 3. The molecule has 4 nitrogen and oxygen atoms in total. The predicted octanol–water partition coefficient (Wildman–Crippen LogP) is 1.19. The van der Waals surface area contributed by atoms with Crippen LogP contribution in [0.25, 0.3) is 0 Å². The molecule has 2 N–H and O–H groups in total. The van der Waals surface area contributed by atoms with E-state index in [4.69, 9.17) is 4.74 Å². The molecule has 0 aliphatic heterocycles. The molecule has 0 saturated carbocycles. The van der Waals surface area contributed by atoms with E-state index in [1.807, 2.05) is 0 Å². The summed E-state index contributed by atoms with van der Waals surface area (Å²) in [6.45, 7) is 7.58. The molecule has 0 heterocycles. The van der Waals surface area contributed by atoms with Gasteiger partial charge in [-0.3, -0.25) is 0 Å². The molecule has 0 fully saturated rings. The Morgan fingerprint density at radius 1 is 1.29 bits per heavy atom. The molecule has 0 radical (unpaired) electrons. The lowest BCUT2D eigenvalue weighted by Crippen LogP contribution is -2.19. The van der Waals surface area contributed by atoms with Crippen molar-refractivity contribution in [1.29, 1.82) is 0 Å². The predicted molar refractivity (Wildman–Crippen MR) is 56.9 cm³/mol. The van der Waals surface area contributed by atoms with E-state index in [-0.39, 0.29) is 6.61 Å². The number of rotatable bonds is 5. The van der Waals surface area contributed by atoms with Crippen LogP contribution in [0, 0.1) is 0 Å². The lowest BCUT2D eigenvalue weighted by molar-refractivity contribution is 0.159. The second kappa shape index (κ2) is 6.77. The lowest BCUT2D eigenvalue weighted by Gasteiger charge is -2.03. The van der Waals surface area contributed by atoms with Crippen LogP contribution >= 0.6 is 0 Å². The van der Waals surface area contributed by atoms with Crippen LogP contribution in [0.1, 0.15) is 0 Å². The largest absolute Gasteiger partial charge is 0.445 e. The molecule has 0 unspecified atom stereocenters. The van der Waals surface area contributed by atoms with Gasteiger partial charge in [0.15, 0.2) is 0 Å². The molecule has 0 saturated heterocycles. The van der Waals surface area contributed by atoms with Gasteiger partial charge in [0, 0.05) is 19.8 Å². The minimum atomic E-state index is -0.466. The van der Waals surface area contributed by atoms with Crippen LogP contribution in [0.5, 0.6) is 0 Å². The molecule has 0 aromatic rings. The highest BCUT2D eigenvalue weighted by molar-refractivity contribution is 5.66. The van der Waals surface area contributed by atoms with E-state index < -0.39 is 6.09 Å². The lowest BCUT2D eigenvalue weighted by atomic mass is 10.3. The number of likely N-dealkylation sites (N-methyl/N-ethyl adjacent to an activating group) is 1. The topological polar surface area (TPSA) is 50.4 Å². The van der Waals surface area contributed by atoms with Crippen LogP contribution in [0.3, 0.4) is 0 Å². The van der Waals surface area contributed by atoms with E-state index in [2.05, 4.69) is 23.8 Å². The molecule has 78 valence electrons. The number of nitrogens with one attached hydrogen (secondary N) is 2. The monoisotopic (exact) mass is 196 g/mol. The van der Waals surface area contributed by atoms with Crippen LogP contribution in [-0.2, 0) is 4.74 Å². The molecule has 4 heteroatoms. The van der Waals surface area contributed by atoms with E-state index in [0.717, 1.165) is 5.70 Å². The molecule has 0 spiro atoms. The first-order valence-electron chi connectivity index (χ1n) is 4.17. The quantitative estimate of drug-likeness (QED) is 0.649. The molecule has 0 atom stereocenters. The number of alkyl carbamates (subject to hydrolysis) is 1. The van der Waals surface area contributed by atoms with Gasteiger partial charge in [0.2, 0.25) is 0 Å². The first-order chi connectivity index (χ1) is 6.60. The molecule has 0 aromatic heterocycles. The zero-order chi connectivity index (χ0) is 11.0. The van der Waals surface area contributed by atoms with Gasteiger partial charge in [-0.1, -0.05) is 19.2 Å². The maximum absolute atomic E-state index is 10.7. The minimum Gasteiger partial charge on any atom is -0.445 e. The van der Waals surface area contributed by atoms with Crippen molar-refractivity contribution in [3.05, 3.63) is 36.6 Å². The summed E-state index contributed by atoms with van der Waals surface area (Å²) in [7, 11) is 3.28. The van der Waals surface area contributed by atoms with Crippen LogP contribution < -0.4 is 10.6 Å². The number of carbonyl (C=O) groups excluding carboxylic acids is 1. The fraction of sp³-hybridized carbons (Fsp3) is 0.300. The zero-order valence-electron chi connectivity index (χ0n) is 8.59. The standard InChI is InChI=1S/C10H16N2O2/c1-8(5-6-9(2)11-3)7-14-10(13)12-4/h5-6,11H,1-2,7H2,3-4H3,(H,12,13)/b6-5-. The van der Waals surface area contributed by atoms with Crippen LogP contribution in [0.15, 0.2) is 36.6 Å². The molecule has 0 rings (SSSR count). The molecule has 0 bridgehead atoms. The maximum atomic E-state index is 10.7. The number of amides is 1. The first-order valence-corrected chi connectivity index (χ1v) is 4.17. The Morgan fingerprint density at radius 3 is 2.43 bits per heavy atom. The second-order valence-corrected chi connectivity index (χ2v) is 2.59. The third-order valence-corrected chi connectivity index (χ3v) is 1.43. The van der Waals surface area contributed by atoms with Gasteiger partial charge in [0.05, 0.1) is 0 Å². The highest BCUT2D eigenvalue weighted by Crippen LogP contribution is 1.96. The van der Waals surface area contributed by atoms with Crippen molar-refractivity contribution < 1.29 is 9.53 Å². The van der Waals surface area contributed by atoms with Crippen molar-refractivity contribution in [2.75, 3.05) is 20.7 Å². The third-order valence-electron chi connectivity index (χ3n) is 1.43. The fourth-order valence-electron chi connectivity index (χ4n) is 0.580. The Morgan fingerprint density at radius 2 is 1.93 bits per heavy atom. The Hall–Kier alpha value is -1.71. The summed E-state index contributed by atoms with van der Waals surface area (Å²) in [5, 5.41) is 5.19. The van der Waals surface area contributed by atoms with Gasteiger partial charge in [-0.05, 0) is 11.6 Å². The molecular formula is C10H16N2O2. The Labute approximate surface area is 84.3 Å². The molecule has 0 aliphatic rings. The summed E-state index contributed by atoms with van der Waals surface area (Å²) in [6, 6.07) is 0. The van der Waals surface area contributed by atoms with Gasteiger partial charge < -0.3 is 15.4 Å². The van der Waals surface area contributed by atoms with Crippen molar-refractivity contribution in [2.45, 2.75) is 0 Å². The minimum absolute atomic E-state index is 0.174. The highest BCUT2D eigenvalue weighted by atomic mass is 16.5. The average molecular weight is 196 g/mol. The maximum Gasteiger partial charge on any atom is 0.407 e. The summed E-state index contributed by atoms with van der Waals surface area (Å²) >= 11 is 0. The summed E-state index contributed by atoms with van der Waals surface area (Å²) in [6.07, 6.45) is 3.03. The molecule has 0 aliphatic carbocycles. The van der Waals surface area contributed by atoms with E-state index in [1.54, 1.807) is 19.2 Å². The van der Waals surface area contributed by atoms with Crippen LogP contribution in [0.2, 0.25) is 0 Å². The van der Waals surface area contributed by atoms with E-state index >= 15 is 0 Å². The SMILES string of the molecule is C=C(/C=C\C(=C)NC)COC(=O)NC. The van der Waals surface area contributed by atoms with Crippen LogP contribution in [-0.4, -0.2) is 26.8 Å². The molecule has 0 aromatic carbocycles.